The van der Waals surface area contributed by atoms with Crippen LogP contribution in [0.3, 0.4) is 0 Å². The molecule has 2 saturated heterocycles. The quantitative estimate of drug-likeness (QED) is 0.0204. The van der Waals surface area contributed by atoms with Gasteiger partial charge in [-0.2, -0.15) is 0 Å². The van der Waals surface area contributed by atoms with E-state index in [2.05, 4.69) is 77.7 Å². The van der Waals surface area contributed by atoms with Crippen molar-refractivity contribution in [3.63, 3.8) is 0 Å². The summed E-state index contributed by atoms with van der Waals surface area (Å²) in [6.07, 6.45) is 3.55. The number of aliphatic hydroxyl groups excluding tert-OH is 2. The molecule has 2 unspecified atom stereocenters. The van der Waals surface area contributed by atoms with Gasteiger partial charge < -0.3 is 68.4 Å². The first kappa shape index (κ1) is 70.6. The zero-order valence-electron chi connectivity index (χ0n) is 49.1. The van der Waals surface area contributed by atoms with Crippen molar-refractivity contribution in [3.05, 3.63) is 79.2 Å². The second-order valence-electron chi connectivity index (χ2n) is 19.8. The molecule has 0 amide bonds. The molecule has 414 valence electrons. The van der Waals surface area contributed by atoms with Crippen LogP contribution in [0.5, 0.6) is 11.5 Å². The van der Waals surface area contributed by atoms with Crippen LogP contribution < -0.4 is 9.47 Å². The van der Waals surface area contributed by atoms with E-state index in [9.17, 15) is 10.2 Å². The van der Waals surface area contributed by atoms with Crippen LogP contribution in [0.1, 0.15) is 139 Å². The van der Waals surface area contributed by atoms with Crippen molar-refractivity contribution in [2.75, 3.05) is 14.2 Å². The van der Waals surface area contributed by atoms with Gasteiger partial charge >= 0.3 is 48.9 Å². The summed E-state index contributed by atoms with van der Waals surface area (Å²) < 4.78 is 85.2. The summed E-state index contributed by atoms with van der Waals surface area (Å²) >= 11 is 0. The Balaban J connectivity index is -0.000000569. The summed E-state index contributed by atoms with van der Waals surface area (Å²) in [5, 5.41) is 28.7. The van der Waals surface area contributed by atoms with E-state index >= 15 is 0 Å². The summed E-state index contributed by atoms with van der Waals surface area (Å²) in [5.41, 5.74) is 2.09. The van der Waals surface area contributed by atoms with Crippen molar-refractivity contribution in [2.24, 2.45) is 5.92 Å². The third-order valence-electron chi connectivity index (χ3n) is 11.7. The number of hydrogen-bond acceptors (Lipinski definition) is 16. The predicted molar refractivity (Wildman–Crippen MR) is 292 cm³/mol. The first-order valence-electron chi connectivity index (χ1n) is 25.6. The van der Waals surface area contributed by atoms with Crippen LogP contribution in [-0.2, 0) is 69.8 Å². The van der Waals surface area contributed by atoms with E-state index < -0.39 is 55.3 Å². The smallest absolute Gasteiger partial charge is 0.497 e. The molecule has 15 nitrogen and oxygen atoms in total. The molecule has 0 spiro atoms. The van der Waals surface area contributed by atoms with Crippen LogP contribution in [0.15, 0.2) is 60.7 Å². The molecular formula is C54H96BaO15SSi. The Morgan fingerprint density at radius 2 is 1.19 bits per heavy atom. The minimum absolute atomic E-state index is 0. The molecule has 3 N–H and O–H groups in total. The maximum atomic E-state index is 10.9. The minimum Gasteiger partial charge on any atom is -0.497 e. The predicted octanol–water partition coefficient (Wildman–Crippen LogP) is 11.4. The van der Waals surface area contributed by atoms with E-state index in [0.717, 1.165) is 48.3 Å². The van der Waals surface area contributed by atoms with Gasteiger partial charge in [0.1, 0.15) is 42.0 Å². The normalized spacial score (nSPS) is 21.2. The molecule has 72 heavy (non-hydrogen) atoms. The summed E-state index contributed by atoms with van der Waals surface area (Å²) in [6.45, 7) is 29.9. The number of benzene rings is 2. The second-order valence-corrected chi connectivity index (χ2v) is 25.1. The van der Waals surface area contributed by atoms with Crippen LogP contribution >= 0.6 is 0 Å². The Morgan fingerprint density at radius 3 is 1.58 bits per heavy atom. The molecule has 2 aromatic carbocycles. The van der Waals surface area contributed by atoms with Gasteiger partial charge in [0.2, 0.25) is 0 Å². The first-order valence-corrected chi connectivity index (χ1v) is 27.5. The third kappa shape index (κ3) is 26.6. The van der Waals surface area contributed by atoms with Crippen molar-refractivity contribution < 1.29 is 74.7 Å². The number of ether oxygens (including phenoxy) is 8. The van der Waals surface area contributed by atoms with Crippen LogP contribution in [0, 0.1) is 25.2 Å². The third-order valence-corrected chi connectivity index (χ3v) is 16.4. The first-order chi connectivity index (χ1) is 33.7. The van der Waals surface area contributed by atoms with Crippen LogP contribution in [-0.4, -0.2) is 153 Å². The van der Waals surface area contributed by atoms with Gasteiger partial charge in [0.05, 0.1) is 62.8 Å². The van der Waals surface area contributed by atoms with Gasteiger partial charge in [0.15, 0.2) is 19.9 Å². The standard InChI is InChI=1S/C28H46O6Si.C23H36O5.2CH4.CH3.Ba.HO4S.H2/c1-11-12-25-26(33-28(6,7)32-25)23(29)17-18-24(20(2)34-35(9,10)27(3,4)5)31-19-21-13-15-22(30-8)16-14-21;1-7-8-21-22(28-23(4,5)27-21)19(24)13-14-20(16(2)3)26-15-17-9-11-18(25-6)12-10-17;;;;;1-4-5(2)3;/h13-16,20,23-26,29H,11-12,19H2,1-10H3;9-14,16,19-22,24H,7-8,15H2,1-6H3;2*1H4;1H3;;1H;1H/q;;;;-1;+2;-1;/b;14-13-;;;;;;/t20-,23?,24+,25-,26+;19?,20-,21+,22-;;;;;;/m01....../s1/i;;2*1T;;;;. The van der Waals surface area contributed by atoms with Crippen LogP contribution in [0.25, 0.3) is 0 Å². The molecule has 4 rings (SSSR count). The van der Waals surface area contributed by atoms with Gasteiger partial charge in [-0.3, -0.25) is 9.59 Å². The van der Waals surface area contributed by atoms with Crippen LogP contribution in [0.2, 0.25) is 18.1 Å². The molecule has 2 aromatic rings. The molecule has 0 aliphatic carbocycles. The summed E-state index contributed by atoms with van der Waals surface area (Å²) in [5.74, 6) is 6.67. The van der Waals surface area contributed by atoms with Gasteiger partial charge in [-0.05, 0) is 107 Å². The van der Waals surface area contributed by atoms with E-state index in [-0.39, 0.29) is 99.2 Å². The number of aliphatic hydroxyl groups is 2. The van der Waals surface area contributed by atoms with E-state index in [1.807, 2.05) is 89.2 Å². The number of rotatable bonds is 21. The summed E-state index contributed by atoms with van der Waals surface area (Å²) in [7, 11) is 0.988. The van der Waals surface area contributed by atoms with Gasteiger partial charge in [-0.15, -0.1) is 0 Å². The van der Waals surface area contributed by atoms with E-state index in [4.69, 9.17) is 58.7 Å². The Labute approximate surface area is 483 Å². The van der Waals surface area contributed by atoms with Crippen molar-refractivity contribution in [1.29, 1.82) is 0 Å². The number of hydrogen-bond donors (Lipinski definition) is 3. The number of methoxy groups -OCH3 is 2. The fourth-order valence-electron chi connectivity index (χ4n) is 7.17. The maximum Gasteiger partial charge on any atom is 2.00 e. The molecule has 0 saturated carbocycles. The zero-order chi connectivity index (χ0) is 55.5. The van der Waals surface area contributed by atoms with E-state index in [1.165, 1.54) is 14.8 Å². The average molecular weight is 1190 g/mol. The van der Waals surface area contributed by atoms with Crippen molar-refractivity contribution in [1.82, 2.24) is 0 Å². The molecular weight excluding hydrogens is 1090 g/mol. The minimum atomic E-state index is -2.77. The Kier molecular flexibility index (Phi) is 35.2. The van der Waals surface area contributed by atoms with Crippen molar-refractivity contribution in [2.45, 2.75) is 221 Å². The fourth-order valence-corrected chi connectivity index (χ4v) is 8.58. The molecule has 9 atom stereocenters. The molecule has 2 aliphatic rings. The Morgan fingerprint density at radius 1 is 0.778 bits per heavy atom. The monoisotopic (exact) mass is 1190 g/mol. The molecule has 0 bridgehead atoms. The molecule has 2 fully saturated rings. The van der Waals surface area contributed by atoms with E-state index in [1.54, 1.807) is 20.3 Å². The molecule has 0 radical (unpaired) electrons. The molecule has 0 aromatic heterocycles. The summed E-state index contributed by atoms with van der Waals surface area (Å²) in [4.78, 5) is 0. The Hall–Kier alpha value is -1.36. The maximum absolute atomic E-state index is 10.9. The zero-order valence-corrected chi connectivity index (χ0v) is 53.4. The van der Waals surface area contributed by atoms with E-state index in [0.29, 0.717) is 13.2 Å². The molecule has 2 heterocycles. The van der Waals surface area contributed by atoms with Gasteiger partial charge in [-0.25, -0.2) is 0 Å². The Bertz CT molecular complexity index is 1920. The fraction of sp³-hybridized carbons (Fsp3) is 0.685. The van der Waals surface area contributed by atoms with Gasteiger partial charge in [0.25, 0.3) is 0 Å². The van der Waals surface area contributed by atoms with Crippen molar-refractivity contribution in [3.8, 4) is 23.3 Å². The molecule has 18 heteroatoms. The second kappa shape index (κ2) is 35.9. The average Bonchev–Trinajstić information content (AvgIpc) is 3.82. The SMILES string of the molecule is CCC[C@@H]1OC(C)(C)O[C@@H]1C(O)/C=C\[C@@H](OCc1ccc(OC)cc1)C(C)C.CCC[C@@H]1OC(C)(C)O[C@@H]1C(O)C#C[C@@H](OCc1ccc(OC)cc1)[C@H](C)O[Si](C)(C)C(C)(C)C.O=[S-](=O)OO.[3H]C.[3H]C.[Ba+2].[CH3-].[HH]. The van der Waals surface area contributed by atoms with Crippen LogP contribution in [0.4, 0.5) is 0 Å². The largest absolute Gasteiger partial charge is 2.00 e. The van der Waals surface area contributed by atoms with Crippen molar-refractivity contribution >= 4 is 68.2 Å². The molecule has 2 aliphatic heterocycles. The van der Waals surface area contributed by atoms with Gasteiger partial charge in [0, 0.05) is 4.17 Å². The topological polar surface area (TPSA) is 187 Å². The summed E-state index contributed by atoms with van der Waals surface area (Å²) in [6, 6.07) is 15.6. The van der Waals surface area contributed by atoms with Gasteiger partial charge in [-0.1, -0.05) is 124 Å².